The zero-order chi connectivity index (χ0) is 28.6. The number of anilines is 1. The molecular formula is C30H36BrN3O4S. The summed E-state index contributed by atoms with van der Waals surface area (Å²) < 4.78 is 29.5. The van der Waals surface area contributed by atoms with Crippen LogP contribution in [-0.4, -0.2) is 50.8 Å². The van der Waals surface area contributed by atoms with Gasteiger partial charge in [-0.25, -0.2) is 8.42 Å². The number of benzene rings is 3. The monoisotopic (exact) mass is 613 g/mol. The van der Waals surface area contributed by atoms with Gasteiger partial charge in [-0.1, -0.05) is 83.9 Å². The normalized spacial score (nSPS) is 12.2. The van der Waals surface area contributed by atoms with Crippen molar-refractivity contribution in [1.29, 1.82) is 0 Å². The van der Waals surface area contributed by atoms with Gasteiger partial charge < -0.3 is 10.2 Å². The van der Waals surface area contributed by atoms with E-state index in [1.54, 1.807) is 43.3 Å². The Kier molecular flexibility index (Phi) is 10.7. The summed E-state index contributed by atoms with van der Waals surface area (Å²) in [5, 5.41) is 2.90. The molecule has 0 radical (unpaired) electrons. The summed E-state index contributed by atoms with van der Waals surface area (Å²) in [5.74, 6) is -0.490. The van der Waals surface area contributed by atoms with E-state index in [1.165, 1.54) is 17.0 Å². The van der Waals surface area contributed by atoms with Gasteiger partial charge in [0.25, 0.3) is 10.0 Å². The molecule has 0 aliphatic heterocycles. The second kappa shape index (κ2) is 13.8. The van der Waals surface area contributed by atoms with Crippen molar-refractivity contribution in [2.24, 2.45) is 5.92 Å². The van der Waals surface area contributed by atoms with Crippen LogP contribution in [0, 0.1) is 12.8 Å². The van der Waals surface area contributed by atoms with E-state index in [2.05, 4.69) is 21.2 Å². The molecule has 0 unspecified atom stereocenters. The van der Waals surface area contributed by atoms with Crippen LogP contribution in [0.4, 0.5) is 5.69 Å². The molecule has 3 aromatic rings. The van der Waals surface area contributed by atoms with Gasteiger partial charge in [0.15, 0.2) is 0 Å². The molecule has 208 valence electrons. The van der Waals surface area contributed by atoms with E-state index in [0.29, 0.717) is 23.1 Å². The van der Waals surface area contributed by atoms with Crippen LogP contribution in [0.25, 0.3) is 0 Å². The molecule has 1 N–H and O–H groups in total. The highest BCUT2D eigenvalue weighted by molar-refractivity contribution is 9.10. The molecule has 7 nitrogen and oxygen atoms in total. The predicted octanol–water partition coefficient (Wildman–Crippen LogP) is 5.18. The summed E-state index contributed by atoms with van der Waals surface area (Å²) in [5.41, 5.74) is 2.28. The third kappa shape index (κ3) is 8.41. The Morgan fingerprint density at radius 2 is 1.59 bits per heavy atom. The first kappa shape index (κ1) is 30.4. The van der Waals surface area contributed by atoms with E-state index in [9.17, 15) is 18.0 Å². The molecule has 2 amide bonds. The molecule has 3 aromatic carbocycles. The van der Waals surface area contributed by atoms with Crippen LogP contribution in [0.3, 0.4) is 0 Å². The van der Waals surface area contributed by atoms with Gasteiger partial charge in [0.05, 0.1) is 10.6 Å². The molecule has 0 saturated heterocycles. The number of halogens is 1. The average molecular weight is 615 g/mol. The zero-order valence-electron chi connectivity index (χ0n) is 22.8. The third-order valence-corrected chi connectivity index (χ3v) is 8.60. The number of nitrogens with zero attached hydrogens (tertiary/aromatic N) is 2. The smallest absolute Gasteiger partial charge is 0.264 e. The molecule has 0 bridgehead atoms. The van der Waals surface area contributed by atoms with Gasteiger partial charge in [-0.15, -0.1) is 0 Å². The van der Waals surface area contributed by atoms with Crippen molar-refractivity contribution < 1.29 is 18.0 Å². The van der Waals surface area contributed by atoms with E-state index in [0.717, 1.165) is 15.4 Å². The number of carbonyl (C=O) groups is 2. The number of carbonyl (C=O) groups excluding carboxylic acids is 2. The number of hydrogen-bond donors (Lipinski definition) is 1. The van der Waals surface area contributed by atoms with Crippen molar-refractivity contribution in [3.63, 3.8) is 0 Å². The lowest BCUT2D eigenvalue weighted by molar-refractivity contribution is -0.138. The van der Waals surface area contributed by atoms with Crippen LogP contribution in [0.1, 0.15) is 31.9 Å². The second-order valence-corrected chi connectivity index (χ2v) is 12.7. The van der Waals surface area contributed by atoms with Crippen LogP contribution in [0.15, 0.2) is 88.2 Å². The summed E-state index contributed by atoms with van der Waals surface area (Å²) in [6.07, 6.45) is 0.524. The van der Waals surface area contributed by atoms with E-state index in [1.807, 2.05) is 51.1 Å². The molecule has 0 aliphatic carbocycles. The predicted molar refractivity (Wildman–Crippen MR) is 159 cm³/mol. The van der Waals surface area contributed by atoms with Crippen molar-refractivity contribution in [1.82, 2.24) is 10.2 Å². The maximum Gasteiger partial charge on any atom is 0.264 e. The van der Waals surface area contributed by atoms with Gasteiger partial charge in [-0.2, -0.15) is 0 Å². The lowest BCUT2D eigenvalue weighted by atomic mass is 10.1. The number of amides is 2. The molecule has 0 fully saturated rings. The lowest BCUT2D eigenvalue weighted by Gasteiger charge is -2.32. The Bertz CT molecular complexity index is 1360. The van der Waals surface area contributed by atoms with Crippen LogP contribution >= 0.6 is 15.9 Å². The standard InChI is InChI=1S/C30H36BrN3O4S/c1-22(2)20-32-30(36)24(4)33(18-17-25-9-6-5-7-10-25)29(35)21-34(27-12-8-11-26(31)19-27)39(37,38)28-15-13-23(3)14-16-28/h5-16,19,22,24H,17-18,20-21H2,1-4H3,(H,32,36)/t24-/m1/s1. The Hall–Kier alpha value is -3.17. The summed E-state index contributed by atoms with van der Waals surface area (Å²) >= 11 is 3.41. The zero-order valence-corrected chi connectivity index (χ0v) is 25.2. The minimum absolute atomic E-state index is 0.0828. The Morgan fingerprint density at radius 1 is 0.923 bits per heavy atom. The Labute approximate surface area is 240 Å². The highest BCUT2D eigenvalue weighted by Crippen LogP contribution is 2.27. The van der Waals surface area contributed by atoms with Crippen LogP contribution in [0.5, 0.6) is 0 Å². The SMILES string of the molecule is Cc1ccc(S(=O)(=O)N(CC(=O)N(CCc2ccccc2)[C@H](C)C(=O)NCC(C)C)c2cccc(Br)c2)cc1. The van der Waals surface area contributed by atoms with Gasteiger partial charge in [0.1, 0.15) is 12.6 Å². The molecular weight excluding hydrogens is 578 g/mol. The number of hydrogen-bond acceptors (Lipinski definition) is 4. The van der Waals surface area contributed by atoms with Gasteiger partial charge in [0, 0.05) is 17.6 Å². The first-order valence-corrected chi connectivity index (χ1v) is 15.2. The number of sulfonamides is 1. The third-order valence-electron chi connectivity index (χ3n) is 6.32. The minimum Gasteiger partial charge on any atom is -0.354 e. The fourth-order valence-corrected chi connectivity index (χ4v) is 5.81. The lowest BCUT2D eigenvalue weighted by Crippen LogP contribution is -2.52. The van der Waals surface area contributed by atoms with Gasteiger partial charge >= 0.3 is 0 Å². The average Bonchev–Trinajstić information content (AvgIpc) is 2.91. The first-order valence-electron chi connectivity index (χ1n) is 12.9. The Morgan fingerprint density at radius 3 is 2.21 bits per heavy atom. The maximum absolute atomic E-state index is 13.9. The van der Waals surface area contributed by atoms with E-state index in [4.69, 9.17) is 0 Å². The van der Waals surface area contributed by atoms with Crippen LogP contribution in [0.2, 0.25) is 0 Å². The highest BCUT2D eigenvalue weighted by Gasteiger charge is 2.32. The van der Waals surface area contributed by atoms with Crippen molar-refractivity contribution >= 4 is 43.5 Å². The minimum atomic E-state index is -4.09. The fraction of sp³-hybridized carbons (Fsp3) is 0.333. The summed E-state index contributed by atoms with van der Waals surface area (Å²) in [7, 11) is -4.09. The van der Waals surface area contributed by atoms with E-state index >= 15 is 0 Å². The molecule has 0 spiro atoms. The van der Waals surface area contributed by atoms with Gasteiger partial charge in [0.2, 0.25) is 11.8 Å². The summed E-state index contributed by atoms with van der Waals surface area (Å²) in [6.45, 7) is 7.83. The van der Waals surface area contributed by atoms with E-state index < -0.39 is 28.5 Å². The first-order chi connectivity index (χ1) is 18.5. The van der Waals surface area contributed by atoms with Gasteiger partial charge in [-0.05, 0) is 62.1 Å². The summed E-state index contributed by atoms with van der Waals surface area (Å²) in [4.78, 5) is 28.4. The molecule has 0 heterocycles. The molecule has 3 rings (SSSR count). The van der Waals surface area contributed by atoms with Crippen molar-refractivity contribution in [3.05, 3.63) is 94.5 Å². The molecule has 0 saturated carbocycles. The summed E-state index contributed by atoms with van der Waals surface area (Å²) in [6, 6.07) is 22.2. The van der Waals surface area contributed by atoms with Crippen LogP contribution in [-0.2, 0) is 26.0 Å². The number of rotatable bonds is 12. The molecule has 1 atom stereocenters. The van der Waals surface area contributed by atoms with Crippen molar-refractivity contribution in [2.75, 3.05) is 23.9 Å². The quantitative estimate of drug-likeness (QED) is 0.305. The molecule has 39 heavy (non-hydrogen) atoms. The maximum atomic E-state index is 13.9. The van der Waals surface area contributed by atoms with Crippen molar-refractivity contribution in [3.8, 4) is 0 Å². The van der Waals surface area contributed by atoms with Crippen LogP contribution < -0.4 is 9.62 Å². The topological polar surface area (TPSA) is 86.8 Å². The van der Waals surface area contributed by atoms with Gasteiger partial charge in [-0.3, -0.25) is 13.9 Å². The molecule has 0 aromatic heterocycles. The molecule has 0 aliphatic rings. The number of nitrogens with one attached hydrogen (secondary N) is 1. The number of aryl methyl sites for hydroxylation is 1. The van der Waals surface area contributed by atoms with Crippen molar-refractivity contribution in [2.45, 2.75) is 45.1 Å². The van der Waals surface area contributed by atoms with E-state index in [-0.39, 0.29) is 23.3 Å². The largest absolute Gasteiger partial charge is 0.354 e. The Balaban J connectivity index is 1.96. The fourth-order valence-electron chi connectivity index (χ4n) is 4.02. The second-order valence-electron chi connectivity index (χ2n) is 9.94. The molecule has 9 heteroatoms. The highest BCUT2D eigenvalue weighted by atomic mass is 79.9.